The Balaban J connectivity index is 2.06. The van der Waals surface area contributed by atoms with E-state index in [1.165, 1.54) is 11.3 Å². The first-order valence-corrected chi connectivity index (χ1v) is 4.79. The van der Waals surface area contributed by atoms with Crippen LogP contribution in [0.25, 0.3) is 0 Å². The van der Waals surface area contributed by atoms with Gasteiger partial charge in [0.2, 0.25) is 5.13 Å². The molecule has 0 aliphatic rings. The van der Waals surface area contributed by atoms with Crippen molar-refractivity contribution in [2.75, 3.05) is 26.1 Å². The molecule has 0 saturated heterocycles. The number of methoxy groups -OCH3 is 1. The maximum absolute atomic E-state index is 5.40. The van der Waals surface area contributed by atoms with E-state index in [0.29, 0.717) is 18.3 Å². The molecule has 2 N–H and O–H groups in total. The van der Waals surface area contributed by atoms with Gasteiger partial charge in [0.1, 0.15) is 11.6 Å². The topological polar surface area (TPSA) is 70.3 Å². The lowest BCUT2D eigenvalue weighted by molar-refractivity contribution is 0.0924. The van der Waals surface area contributed by atoms with Gasteiger partial charge in [-0.15, -0.1) is 10.2 Å². The van der Waals surface area contributed by atoms with Crippen LogP contribution in [0.15, 0.2) is 0 Å². The van der Waals surface area contributed by atoms with E-state index in [1.54, 1.807) is 7.11 Å². The summed E-state index contributed by atoms with van der Waals surface area (Å²) in [7, 11) is 1.67. The number of hydrogen-bond donors (Lipinski definition) is 1. The molecule has 13 heavy (non-hydrogen) atoms. The Bertz CT molecular complexity index is 241. The van der Waals surface area contributed by atoms with Gasteiger partial charge in [-0.1, -0.05) is 11.3 Å². The second kappa shape index (κ2) is 5.85. The van der Waals surface area contributed by atoms with Gasteiger partial charge in [0.25, 0.3) is 0 Å². The van der Waals surface area contributed by atoms with Crippen LogP contribution in [0.4, 0.5) is 5.13 Å². The van der Waals surface area contributed by atoms with Crippen molar-refractivity contribution in [2.24, 2.45) is 0 Å². The van der Waals surface area contributed by atoms with Gasteiger partial charge in [-0.2, -0.15) is 0 Å². The molecule has 5 nitrogen and oxygen atoms in total. The lowest BCUT2D eigenvalue weighted by Crippen LogP contribution is -1.98. The number of rotatable bonds is 6. The highest BCUT2D eigenvalue weighted by atomic mass is 32.1. The number of anilines is 1. The van der Waals surface area contributed by atoms with Crippen molar-refractivity contribution in [1.82, 2.24) is 10.2 Å². The summed E-state index contributed by atoms with van der Waals surface area (Å²) in [6.07, 6.45) is 0.894. The van der Waals surface area contributed by atoms with Crippen molar-refractivity contribution in [2.45, 2.75) is 13.0 Å². The van der Waals surface area contributed by atoms with E-state index in [1.807, 2.05) is 0 Å². The molecule has 1 aromatic heterocycles. The van der Waals surface area contributed by atoms with Crippen molar-refractivity contribution in [3.63, 3.8) is 0 Å². The van der Waals surface area contributed by atoms with Gasteiger partial charge in [-0.25, -0.2) is 0 Å². The molecule has 0 bridgehead atoms. The number of nitrogens with zero attached hydrogens (tertiary/aromatic N) is 2. The maximum atomic E-state index is 5.40. The van der Waals surface area contributed by atoms with Crippen LogP contribution < -0.4 is 5.73 Å². The minimum atomic E-state index is 0.482. The third-order valence-corrected chi connectivity index (χ3v) is 2.07. The maximum Gasteiger partial charge on any atom is 0.203 e. The summed E-state index contributed by atoms with van der Waals surface area (Å²) in [6.45, 7) is 1.88. The SMILES string of the molecule is COCCCOCc1nnc(N)s1. The first-order valence-electron chi connectivity index (χ1n) is 3.97. The summed E-state index contributed by atoms with van der Waals surface area (Å²) in [5.74, 6) is 0. The van der Waals surface area contributed by atoms with E-state index in [9.17, 15) is 0 Å². The molecule has 1 heterocycles. The van der Waals surface area contributed by atoms with Crippen molar-refractivity contribution < 1.29 is 9.47 Å². The normalized spacial score (nSPS) is 10.5. The van der Waals surface area contributed by atoms with Gasteiger partial charge in [0, 0.05) is 20.3 Å². The molecule has 0 atom stereocenters. The van der Waals surface area contributed by atoms with Crippen LogP contribution in [0.3, 0.4) is 0 Å². The lowest BCUT2D eigenvalue weighted by atomic mass is 10.5. The summed E-state index contributed by atoms with van der Waals surface area (Å²) >= 11 is 1.35. The van der Waals surface area contributed by atoms with Gasteiger partial charge >= 0.3 is 0 Å². The fourth-order valence-corrected chi connectivity index (χ4v) is 1.34. The summed E-state index contributed by atoms with van der Waals surface area (Å²) in [6, 6.07) is 0. The third-order valence-electron chi connectivity index (χ3n) is 1.35. The standard InChI is InChI=1S/C7H13N3O2S/c1-11-3-2-4-12-5-6-9-10-7(8)13-6/h2-5H2,1H3,(H2,8,10). The molecule has 6 heteroatoms. The molecule has 0 aromatic carbocycles. The average Bonchev–Trinajstić information content (AvgIpc) is 2.51. The zero-order valence-electron chi connectivity index (χ0n) is 7.52. The first-order chi connectivity index (χ1) is 6.33. The largest absolute Gasteiger partial charge is 0.385 e. The van der Waals surface area contributed by atoms with Crippen LogP contribution >= 0.6 is 11.3 Å². The highest BCUT2D eigenvalue weighted by Gasteiger charge is 1.99. The number of aromatic nitrogens is 2. The monoisotopic (exact) mass is 203 g/mol. The Kier molecular flexibility index (Phi) is 4.66. The number of ether oxygens (including phenoxy) is 2. The number of hydrogen-bond acceptors (Lipinski definition) is 6. The fraction of sp³-hybridized carbons (Fsp3) is 0.714. The van der Waals surface area contributed by atoms with Crippen molar-refractivity contribution in [3.8, 4) is 0 Å². The van der Waals surface area contributed by atoms with Crippen LogP contribution in [0.1, 0.15) is 11.4 Å². The molecule has 1 rings (SSSR count). The van der Waals surface area contributed by atoms with E-state index in [4.69, 9.17) is 15.2 Å². The first kappa shape index (κ1) is 10.4. The van der Waals surface area contributed by atoms with Crippen LogP contribution in [0, 0.1) is 0 Å². The zero-order valence-corrected chi connectivity index (χ0v) is 8.34. The Hall–Kier alpha value is -0.720. The van der Waals surface area contributed by atoms with Crippen molar-refractivity contribution in [3.05, 3.63) is 5.01 Å². The summed E-state index contributed by atoms with van der Waals surface area (Å²) < 4.78 is 10.2. The van der Waals surface area contributed by atoms with Gasteiger partial charge in [0.15, 0.2) is 0 Å². The van der Waals surface area contributed by atoms with Crippen LogP contribution in [0.5, 0.6) is 0 Å². The molecule has 1 aromatic rings. The Morgan fingerprint density at radius 2 is 2.23 bits per heavy atom. The molecule has 0 amide bonds. The molecule has 0 aliphatic carbocycles. The Morgan fingerprint density at radius 3 is 2.85 bits per heavy atom. The summed E-state index contributed by atoms with van der Waals surface area (Å²) in [5, 5.41) is 8.79. The molecule has 0 fully saturated rings. The summed E-state index contributed by atoms with van der Waals surface area (Å²) in [4.78, 5) is 0. The van der Waals surface area contributed by atoms with Gasteiger partial charge in [0.05, 0.1) is 0 Å². The van der Waals surface area contributed by atoms with E-state index in [-0.39, 0.29) is 0 Å². The Morgan fingerprint density at radius 1 is 1.38 bits per heavy atom. The molecule has 0 spiro atoms. The van der Waals surface area contributed by atoms with Crippen LogP contribution in [-0.4, -0.2) is 30.5 Å². The van der Waals surface area contributed by atoms with E-state index >= 15 is 0 Å². The zero-order chi connectivity index (χ0) is 9.52. The molecule has 0 unspecified atom stereocenters. The van der Waals surface area contributed by atoms with E-state index in [2.05, 4.69) is 10.2 Å². The molecular weight excluding hydrogens is 190 g/mol. The number of nitrogens with two attached hydrogens (primary N) is 1. The lowest BCUT2D eigenvalue weighted by Gasteiger charge is -1.99. The second-order valence-corrected chi connectivity index (χ2v) is 3.53. The molecule has 0 saturated carbocycles. The highest BCUT2D eigenvalue weighted by molar-refractivity contribution is 7.15. The Labute approximate surface area is 80.9 Å². The smallest absolute Gasteiger partial charge is 0.203 e. The minimum absolute atomic E-state index is 0.482. The van der Waals surface area contributed by atoms with Gasteiger partial charge in [-0.3, -0.25) is 0 Å². The van der Waals surface area contributed by atoms with E-state index in [0.717, 1.165) is 18.0 Å². The van der Waals surface area contributed by atoms with Crippen LogP contribution in [-0.2, 0) is 16.1 Å². The number of nitrogen functional groups attached to an aromatic ring is 1. The third kappa shape index (κ3) is 4.16. The predicted molar refractivity (Wildman–Crippen MR) is 50.5 cm³/mol. The molecule has 0 radical (unpaired) electrons. The second-order valence-electron chi connectivity index (χ2n) is 2.43. The molecule has 74 valence electrons. The minimum Gasteiger partial charge on any atom is -0.385 e. The average molecular weight is 203 g/mol. The van der Waals surface area contributed by atoms with Crippen molar-refractivity contribution in [1.29, 1.82) is 0 Å². The summed E-state index contributed by atoms with van der Waals surface area (Å²) in [5.41, 5.74) is 5.40. The predicted octanol–water partition coefficient (Wildman–Crippen LogP) is 0.673. The van der Waals surface area contributed by atoms with E-state index < -0.39 is 0 Å². The van der Waals surface area contributed by atoms with Crippen molar-refractivity contribution >= 4 is 16.5 Å². The highest BCUT2D eigenvalue weighted by Crippen LogP contribution is 2.11. The van der Waals surface area contributed by atoms with Crippen LogP contribution in [0.2, 0.25) is 0 Å². The molecule has 0 aliphatic heterocycles. The molecular formula is C7H13N3O2S. The van der Waals surface area contributed by atoms with Gasteiger partial charge in [-0.05, 0) is 6.42 Å². The quantitative estimate of drug-likeness (QED) is 0.688. The van der Waals surface area contributed by atoms with Gasteiger partial charge < -0.3 is 15.2 Å². The fourth-order valence-electron chi connectivity index (χ4n) is 0.790.